The Hall–Kier alpha value is -2.57. The topological polar surface area (TPSA) is 119 Å². The number of carboxylic acids is 1. The largest absolute Gasteiger partial charge is 0.494 e. The molecule has 0 aromatic heterocycles. The fraction of sp³-hybridized carbons (Fsp3) is 0.357. The van der Waals surface area contributed by atoms with Crippen molar-refractivity contribution in [3.8, 4) is 5.75 Å². The summed E-state index contributed by atoms with van der Waals surface area (Å²) in [5.41, 5.74) is 5.21. The molecule has 2 amide bonds. The van der Waals surface area contributed by atoms with E-state index in [4.69, 9.17) is 15.6 Å². The zero-order chi connectivity index (χ0) is 15.8. The first-order valence-electron chi connectivity index (χ1n) is 6.49. The molecule has 0 saturated heterocycles. The summed E-state index contributed by atoms with van der Waals surface area (Å²) in [6.07, 6.45) is 0.411. The standard InChI is InChI=1S/C14H18N2O5/c1-2-7-21-10-5-3-9(4-6-10)13(18)16-11(14(19)20)8-12(15)17/h3-6,11H,2,7-8H2,1H3,(H2,15,17)(H,16,18)(H,19,20)/t11-/m0/s1. The van der Waals surface area contributed by atoms with Gasteiger partial charge < -0.3 is 20.9 Å². The van der Waals surface area contributed by atoms with Gasteiger partial charge in [-0.3, -0.25) is 9.59 Å². The van der Waals surface area contributed by atoms with Crippen LogP contribution >= 0.6 is 0 Å². The van der Waals surface area contributed by atoms with E-state index < -0.39 is 30.2 Å². The first kappa shape index (κ1) is 16.5. The summed E-state index contributed by atoms with van der Waals surface area (Å²) in [6.45, 7) is 2.55. The lowest BCUT2D eigenvalue weighted by Gasteiger charge is -2.13. The SMILES string of the molecule is CCCOc1ccc(C(=O)N[C@@H](CC(N)=O)C(=O)O)cc1. The van der Waals surface area contributed by atoms with Gasteiger partial charge >= 0.3 is 5.97 Å². The zero-order valence-corrected chi connectivity index (χ0v) is 11.7. The summed E-state index contributed by atoms with van der Waals surface area (Å²) < 4.78 is 5.37. The molecule has 21 heavy (non-hydrogen) atoms. The number of rotatable bonds is 8. The normalized spacial score (nSPS) is 11.5. The maximum Gasteiger partial charge on any atom is 0.326 e. The Morgan fingerprint density at radius 2 is 1.90 bits per heavy atom. The van der Waals surface area contributed by atoms with Crippen LogP contribution in [0, 0.1) is 0 Å². The predicted octanol–water partition coefficient (Wildman–Crippen LogP) is 0.534. The Labute approximate surface area is 122 Å². The summed E-state index contributed by atoms with van der Waals surface area (Å²) in [4.78, 5) is 33.6. The average molecular weight is 294 g/mol. The molecule has 1 atom stereocenters. The molecule has 0 aliphatic carbocycles. The van der Waals surface area contributed by atoms with Crippen molar-refractivity contribution < 1.29 is 24.2 Å². The predicted molar refractivity (Wildman–Crippen MR) is 74.9 cm³/mol. The molecular weight excluding hydrogens is 276 g/mol. The summed E-state index contributed by atoms with van der Waals surface area (Å²) in [6, 6.07) is 4.93. The molecule has 1 rings (SSSR count). The van der Waals surface area contributed by atoms with E-state index in [1.807, 2.05) is 6.92 Å². The minimum Gasteiger partial charge on any atom is -0.494 e. The Kier molecular flexibility index (Phi) is 6.19. The van der Waals surface area contributed by atoms with Crippen LogP contribution < -0.4 is 15.8 Å². The highest BCUT2D eigenvalue weighted by Gasteiger charge is 2.22. The number of hydrogen-bond donors (Lipinski definition) is 3. The molecule has 0 aliphatic heterocycles. The average Bonchev–Trinajstić information content (AvgIpc) is 2.44. The Bertz CT molecular complexity index is 513. The van der Waals surface area contributed by atoms with E-state index in [1.54, 1.807) is 12.1 Å². The monoisotopic (exact) mass is 294 g/mol. The lowest BCUT2D eigenvalue weighted by Crippen LogP contribution is -2.43. The first-order valence-corrected chi connectivity index (χ1v) is 6.49. The lowest BCUT2D eigenvalue weighted by molar-refractivity contribution is -0.140. The molecule has 0 spiro atoms. The van der Waals surface area contributed by atoms with Crippen LogP contribution in [0.15, 0.2) is 24.3 Å². The number of carboxylic acid groups (broad SMARTS) is 1. The molecule has 0 saturated carbocycles. The Morgan fingerprint density at radius 1 is 1.29 bits per heavy atom. The molecule has 1 aromatic carbocycles. The minimum absolute atomic E-state index is 0.273. The minimum atomic E-state index is -1.34. The third kappa shape index (κ3) is 5.52. The van der Waals surface area contributed by atoms with Crippen LogP contribution in [0.25, 0.3) is 0 Å². The number of carbonyl (C=O) groups is 3. The van der Waals surface area contributed by atoms with E-state index in [9.17, 15) is 14.4 Å². The smallest absolute Gasteiger partial charge is 0.326 e. The number of carbonyl (C=O) groups excluding carboxylic acids is 2. The number of nitrogens with one attached hydrogen (secondary N) is 1. The number of benzene rings is 1. The number of ether oxygens (including phenoxy) is 1. The van der Waals surface area contributed by atoms with Crippen LogP contribution in [-0.4, -0.2) is 35.5 Å². The fourth-order valence-corrected chi connectivity index (χ4v) is 1.57. The van der Waals surface area contributed by atoms with Crippen LogP contribution in [0.2, 0.25) is 0 Å². The third-order valence-corrected chi connectivity index (χ3v) is 2.60. The van der Waals surface area contributed by atoms with Crippen molar-refractivity contribution >= 4 is 17.8 Å². The van der Waals surface area contributed by atoms with E-state index in [-0.39, 0.29) is 5.56 Å². The van der Waals surface area contributed by atoms with Crippen molar-refractivity contribution in [1.29, 1.82) is 0 Å². The van der Waals surface area contributed by atoms with E-state index in [0.29, 0.717) is 12.4 Å². The molecule has 0 radical (unpaired) electrons. The maximum absolute atomic E-state index is 11.9. The van der Waals surface area contributed by atoms with Gasteiger partial charge in [0.2, 0.25) is 5.91 Å². The van der Waals surface area contributed by atoms with Crippen LogP contribution in [0.3, 0.4) is 0 Å². The second-order valence-electron chi connectivity index (χ2n) is 4.41. The molecule has 4 N–H and O–H groups in total. The molecular formula is C14H18N2O5. The second kappa shape index (κ2) is 7.88. The molecule has 0 fully saturated rings. The molecule has 0 unspecified atom stereocenters. The van der Waals surface area contributed by atoms with E-state index in [1.165, 1.54) is 12.1 Å². The van der Waals surface area contributed by atoms with Gasteiger partial charge in [0.15, 0.2) is 0 Å². The van der Waals surface area contributed by atoms with Crippen molar-refractivity contribution in [1.82, 2.24) is 5.32 Å². The van der Waals surface area contributed by atoms with Gasteiger partial charge in [0.05, 0.1) is 13.0 Å². The fourth-order valence-electron chi connectivity index (χ4n) is 1.57. The van der Waals surface area contributed by atoms with Crippen molar-refractivity contribution in [2.24, 2.45) is 5.73 Å². The summed E-state index contributed by atoms with van der Waals surface area (Å²) in [5, 5.41) is 11.2. The maximum atomic E-state index is 11.9. The molecule has 1 aromatic rings. The van der Waals surface area contributed by atoms with Crippen molar-refractivity contribution in [3.05, 3.63) is 29.8 Å². The van der Waals surface area contributed by atoms with E-state index in [2.05, 4.69) is 5.32 Å². The van der Waals surface area contributed by atoms with Gasteiger partial charge in [-0.25, -0.2) is 4.79 Å². The van der Waals surface area contributed by atoms with Gasteiger partial charge in [-0.2, -0.15) is 0 Å². The van der Waals surface area contributed by atoms with Gasteiger partial charge in [0.25, 0.3) is 5.91 Å². The number of aliphatic carboxylic acids is 1. The highest BCUT2D eigenvalue weighted by atomic mass is 16.5. The van der Waals surface area contributed by atoms with E-state index >= 15 is 0 Å². The number of primary amides is 1. The van der Waals surface area contributed by atoms with Gasteiger partial charge in [-0.15, -0.1) is 0 Å². The van der Waals surface area contributed by atoms with Crippen LogP contribution in [-0.2, 0) is 9.59 Å². The third-order valence-electron chi connectivity index (χ3n) is 2.60. The van der Waals surface area contributed by atoms with Crippen molar-refractivity contribution in [2.45, 2.75) is 25.8 Å². The van der Waals surface area contributed by atoms with Gasteiger partial charge in [-0.05, 0) is 30.7 Å². The highest BCUT2D eigenvalue weighted by Crippen LogP contribution is 2.12. The summed E-state index contributed by atoms with van der Waals surface area (Å²) in [5.74, 6) is -2.08. The van der Waals surface area contributed by atoms with Crippen LogP contribution in [0.4, 0.5) is 0 Å². The molecule has 114 valence electrons. The van der Waals surface area contributed by atoms with Gasteiger partial charge in [-0.1, -0.05) is 6.92 Å². The number of nitrogens with two attached hydrogens (primary N) is 1. The lowest BCUT2D eigenvalue weighted by atomic mass is 10.1. The Morgan fingerprint density at radius 3 is 2.38 bits per heavy atom. The molecule has 0 heterocycles. The van der Waals surface area contributed by atoms with Gasteiger partial charge in [0, 0.05) is 5.56 Å². The van der Waals surface area contributed by atoms with Crippen molar-refractivity contribution in [3.63, 3.8) is 0 Å². The van der Waals surface area contributed by atoms with Crippen LogP contribution in [0.1, 0.15) is 30.1 Å². The zero-order valence-electron chi connectivity index (χ0n) is 11.7. The highest BCUT2D eigenvalue weighted by molar-refractivity contribution is 5.97. The summed E-state index contributed by atoms with van der Waals surface area (Å²) >= 11 is 0. The first-order chi connectivity index (χ1) is 9.93. The number of amides is 2. The van der Waals surface area contributed by atoms with Crippen LogP contribution in [0.5, 0.6) is 5.75 Å². The quantitative estimate of drug-likeness (QED) is 0.646. The second-order valence-corrected chi connectivity index (χ2v) is 4.41. The summed E-state index contributed by atoms with van der Waals surface area (Å²) in [7, 11) is 0. The molecule has 0 bridgehead atoms. The van der Waals surface area contributed by atoms with Crippen molar-refractivity contribution in [2.75, 3.05) is 6.61 Å². The molecule has 7 nitrogen and oxygen atoms in total. The number of hydrogen-bond acceptors (Lipinski definition) is 4. The molecule has 7 heteroatoms. The van der Waals surface area contributed by atoms with Gasteiger partial charge in [0.1, 0.15) is 11.8 Å². The van der Waals surface area contributed by atoms with E-state index in [0.717, 1.165) is 6.42 Å². The molecule has 0 aliphatic rings. The Balaban J connectivity index is 2.69.